The molecule has 2 N–H and O–H groups in total. The van der Waals surface area contributed by atoms with Gasteiger partial charge in [-0.05, 0) is 42.9 Å². The van der Waals surface area contributed by atoms with Gasteiger partial charge in [-0.25, -0.2) is 0 Å². The lowest BCUT2D eigenvalue weighted by Crippen LogP contribution is -2.34. The van der Waals surface area contributed by atoms with Crippen molar-refractivity contribution >= 4 is 5.97 Å². The fourth-order valence-electron chi connectivity index (χ4n) is 3.16. The van der Waals surface area contributed by atoms with Crippen LogP contribution in [-0.4, -0.2) is 23.7 Å². The van der Waals surface area contributed by atoms with Gasteiger partial charge in [0.05, 0.1) is 12.5 Å². The lowest BCUT2D eigenvalue weighted by molar-refractivity contribution is -0.142. The van der Waals surface area contributed by atoms with Crippen LogP contribution in [0.1, 0.15) is 36.8 Å². The molecule has 4 heteroatoms. The number of benzene rings is 1. The number of carbonyl (C=O) groups is 1. The standard InChI is InChI=1S/C16H21NO3/c18-16(19)12-2-4-14(5-3-12)17-10-11-1-6-15-13(9-11)7-8-20-15/h1,6,9,12,14,17H,2-5,7-8,10H2,(H,18,19). The summed E-state index contributed by atoms with van der Waals surface area (Å²) in [5.74, 6) is 0.253. The maximum Gasteiger partial charge on any atom is 0.306 e. The third kappa shape index (κ3) is 2.96. The minimum Gasteiger partial charge on any atom is -0.493 e. The predicted octanol–water partition coefficient (Wildman–Crippen LogP) is 2.35. The van der Waals surface area contributed by atoms with Gasteiger partial charge in [0, 0.05) is 19.0 Å². The van der Waals surface area contributed by atoms with Crippen LogP contribution in [0.25, 0.3) is 0 Å². The largest absolute Gasteiger partial charge is 0.493 e. The second-order valence-corrected chi connectivity index (χ2v) is 5.81. The number of carboxylic acid groups (broad SMARTS) is 1. The zero-order valence-corrected chi connectivity index (χ0v) is 11.6. The first-order valence-corrected chi connectivity index (χ1v) is 7.43. The van der Waals surface area contributed by atoms with E-state index in [1.807, 2.05) is 0 Å². The molecule has 2 aliphatic rings. The van der Waals surface area contributed by atoms with Crippen molar-refractivity contribution in [3.8, 4) is 5.75 Å². The lowest BCUT2D eigenvalue weighted by Gasteiger charge is -2.27. The SMILES string of the molecule is O=C(O)C1CCC(NCc2ccc3c(c2)CCO3)CC1. The molecule has 1 heterocycles. The Morgan fingerprint density at radius 3 is 2.85 bits per heavy atom. The Hall–Kier alpha value is -1.55. The number of ether oxygens (including phenoxy) is 1. The van der Waals surface area contributed by atoms with Crippen molar-refractivity contribution in [3.05, 3.63) is 29.3 Å². The van der Waals surface area contributed by atoms with Crippen LogP contribution in [0.5, 0.6) is 5.75 Å². The van der Waals surface area contributed by atoms with Crippen LogP contribution in [0.4, 0.5) is 0 Å². The molecule has 108 valence electrons. The number of hydrogen-bond donors (Lipinski definition) is 2. The smallest absolute Gasteiger partial charge is 0.306 e. The van der Waals surface area contributed by atoms with Gasteiger partial charge >= 0.3 is 5.97 Å². The van der Waals surface area contributed by atoms with Gasteiger partial charge in [-0.3, -0.25) is 4.79 Å². The Labute approximate surface area is 119 Å². The normalized spacial score (nSPS) is 25.0. The molecular formula is C16H21NO3. The van der Waals surface area contributed by atoms with Crippen molar-refractivity contribution in [2.24, 2.45) is 5.92 Å². The number of hydrogen-bond acceptors (Lipinski definition) is 3. The fourth-order valence-corrected chi connectivity index (χ4v) is 3.16. The average Bonchev–Trinajstić information content (AvgIpc) is 2.93. The highest BCUT2D eigenvalue weighted by atomic mass is 16.5. The Bertz CT molecular complexity index is 492. The summed E-state index contributed by atoms with van der Waals surface area (Å²) >= 11 is 0. The number of rotatable bonds is 4. The van der Waals surface area contributed by atoms with Crippen molar-refractivity contribution in [2.45, 2.75) is 44.7 Å². The fraction of sp³-hybridized carbons (Fsp3) is 0.562. The highest BCUT2D eigenvalue weighted by molar-refractivity contribution is 5.70. The molecule has 1 aromatic carbocycles. The third-order valence-corrected chi connectivity index (χ3v) is 4.43. The van der Waals surface area contributed by atoms with E-state index >= 15 is 0 Å². The summed E-state index contributed by atoms with van der Waals surface area (Å²) in [4.78, 5) is 10.9. The first kappa shape index (κ1) is 13.4. The topological polar surface area (TPSA) is 58.6 Å². The van der Waals surface area contributed by atoms with Crippen LogP contribution in [0.3, 0.4) is 0 Å². The summed E-state index contributed by atoms with van der Waals surface area (Å²) < 4.78 is 5.51. The molecule has 0 amide bonds. The molecule has 0 bridgehead atoms. The molecular weight excluding hydrogens is 254 g/mol. The van der Waals surface area contributed by atoms with Gasteiger partial charge in [-0.15, -0.1) is 0 Å². The zero-order chi connectivity index (χ0) is 13.9. The van der Waals surface area contributed by atoms with Gasteiger partial charge in [0.25, 0.3) is 0 Å². The number of nitrogens with one attached hydrogen (secondary N) is 1. The monoisotopic (exact) mass is 275 g/mol. The summed E-state index contributed by atoms with van der Waals surface area (Å²) in [5.41, 5.74) is 2.59. The zero-order valence-electron chi connectivity index (χ0n) is 11.6. The minimum atomic E-state index is -0.637. The number of carboxylic acids is 1. The molecule has 0 saturated heterocycles. The molecule has 1 saturated carbocycles. The Morgan fingerprint density at radius 2 is 2.10 bits per heavy atom. The lowest BCUT2D eigenvalue weighted by atomic mass is 9.86. The van der Waals surface area contributed by atoms with E-state index in [2.05, 4.69) is 23.5 Å². The summed E-state index contributed by atoms with van der Waals surface area (Å²) in [6.07, 6.45) is 4.53. The van der Waals surface area contributed by atoms with Gasteiger partial charge in [0.2, 0.25) is 0 Å². The van der Waals surface area contributed by atoms with E-state index in [9.17, 15) is 4.79 Å². The molecule has 0 radical (unpaired) electrons. The molecule has 1 aliphatic heterocycles. The van der Waals surface area contributed by atoms with Crippen LogP contribution in [0.2, 0.25) is 0 Å². The molecule has 20 heavy (non-hydrogen) atoms. The minimum absolute atomic E-state index is 0.134. The second kappa shape index (κ2) is 5.83. The Kier molecular flexibility index (Phi) is 3.92. The van der Waals surface area contributed by atoms with E-state index in [0.717, 1.165) is 51.0 Å². The maximum atomic E-state index is 10.9. The summed E-state index contributed by atoms with van der Waals surface area (Å²) in [5, 5.41) is 12.5. The third-order valence-electron chi connectivity index (χ3n) is 4.43. The molecule has 0 unspecified atom stereocenters. The number of aliphatic carboxylic acids is 1. The van der Waals surface area contributed by atoms with Crippen LogP contribution in [0.15, 0.2) is 18.2 Å². The molecule has 0 atom stereocenters. The van der Waals surface area contributed by atoms with E-state index in [4.69, 9.17) is 9.84 Å². The van der Waals surface area contributed by atoms with E-state index in [0.29, 0.717) is 6.04 Å². The Morgan fingerprint density at radius 1 is 1.30 bits per heavy atom. The maximum absolute atomic E-state index is 10.9. The van der Waals surface area contributed by atoms with Gasteiger partial charge in [0.15, 0.2) is 0 Å². The van der Waals surface area contributed by atoms with Gasteiger partial charge in [-0.1, -0.05) is 12.1 Å². The highest BCUT2D eigenvalue weighted by Crippen LogP contribution is 2.27. The van der Waals surface area contributed by atoms with Gasteiger partial charge in [-0.2, -0.15) is 0 Å². The molecule has 1 fully saturated rings. The number of fused-ring (bicyclic) bond motifs is 1. The van der Waals surface area contributed by atoms with Crippen molar-refractivity contribution in [2.75, 3.05) is 6.61 Å². The summed E-state index contributed by atoms with van der Waals surface area (Å²) in [7, 11) is 0. The molecule has 1 aromatic rings. The van der Waals surface area contributed by atoms with E-state index in [-0.39, 0.29) is 5.92 Å². The molecule has 3 rings (SSSR count). The van der Waals surface area contributed by atoms with Crippen LogP contribution < -0.4 is 10.1 Å². The average molecular weight is 275 g/mol. The molecule has 0 spiro atoms. The van der Waals surface area contributed by atoms with Gasteiger partial charge in [0.1, 0.15) is 5.75 Å². The first-order chi connectivity index (χ1) is 9.72. The molecule has 4 nitrogen and oxygen atoms in total. The van der Waals surface area contributed by atoms with Crippen molar-refractivity contribution in [1.82, 2.24) is 5.32 Å². The van der Waals surface area contributed by atoms with Gasteiger partial charge < -0.3 is 15.2 Å². The van der Waals surface area contributed by atoms with Crippen LogP contribution >= 0.6 is 0 Å². The summed E-state index contributed by atoms with van der Waals surface area (Å²) in [6, 6.07) is 6.84. The van der Waals surface area contributed by atoms with Crippen LogP contribution in [0, 0.1) is 5.92 Å². The molecule has 1 aliphatic carbocycles. The van der Waals surface area contributed by atoms with Crippen molar-refractivity contribution in [3.63, 3.8) is 0 Å². The molecule has 0 aromatic heterocycles. The first-order valence-electron chi connectivity index (χ1n) is 7.43. The Balaban J connectivity index is 1.49. The highest BCUT2D eigenvalue weighted by Gasteiger charge is 2.25. The van der Waals surface area contributed by atoms with Crippen LogP contribution in [-0.2, 0) is 17.8 Å². The predicted molar refractivity (Wildman–Crippen MR) is 75.9 cm³/mol. The quantitative estimate of drug-likeness (QED) is 0.885. The second-order valence-electron chi connectivity index (χ2n) is 5.81. The van der Waals surface area contributed by atoms with E-state index in [1.165, 1.54) is 11.1 Å². The van der Waals surface area contributed by atoms with E-state index < -0.39 is 5.97 Å². The van der Waals surface area contributed by atoms with Crippen molar-refractivity contribution in [1.29, 1.82) is 0 Å². The van der Waals surface area contributed by atoms with E-state index in [1.54, 1.807) is 0 Å². The summed E-state index contributed by atoms with van der Waals surface area (Å²) in [6.45, 7) is 1.65. The van der Waals surface area contributed by atoms with Crippen molar-refractivity contribution < 1.29 is 14.6 Å².